The highest BCUT2D eigenvalue weighted by molar-refractivity contribution is 7.80. The second-order valence-electron chi connectivity index (χ2n) is 2.38. The van der Waals surface area contributed by atoms with Crippen molar-refractivity contribution in [1.29, 1.82) is 0 Å². The van der Waals surface area contributed by atoms with E-state index in [0.717, 1.165) is 0 Å². The fourth-order valence-electron chi connectivity index (χ4n) is 0.857. The van der Waals surface area contributed by atoms with Crippen molar-refractivity contribution < 1.29 is 0 Å². The summed E-state index contributed by atoms with van der Waals surface area (Å²) in [4.78, 5) is 0. The van der Waals surface area contributed by atoms with Crippen LogP contribution in [0.5, 0.6) is 0 Å². The molecule has 0 heterocycles. The van der Waals surface area contributed by atoms with Crippen LogP contribution < -0.4 is 10.7 Å². The summed E-state index contributed by atoms with van der Waals surface area (Å²) in [6.45, 7) is 3.24. The Morgan fingerprint density at radius 1 is 1.29 bits per heavy atom. The minimum Gasteiger partial charge on any atom is -0.331 e. The number of anilines is 1. The fraction of sp³-hybridized carbons (Fsp3) is 0. The molecule has 74 valence electrons. The Morgan fingerprint density at radius 2 is 1.86 bits per heavy atom. The van der Waals surface area contributed by atoms with Crippen LogP contribution in [-0.4, -0.2) is 11.8 Å². The molecule has 0 amide bonds. The topological polar surface area (TPSA) is 36.4 Å². The summed E-state index contributed by atoms with van der Waals surface area (Å²) in [5.41, 5.74) is 3.18. The summed E-state index contributed by atoms with van der Waals surface area (Å²) in [5, 5.41) is 7.65. The van der Waals surface area contributed by atoms with Gasteiger partial charge in [0, 0.05) is 22.5 Å². The zero-order valence-corrected chi connectivity index (χ0v) is 9.38. The van der Waals surface area contributed by atoms with Crippen molar-refractivity contribution in [3.8, 4) is 0 Å². The maximum atomic E-state index is 5.79. The lowest BCUT2D eigenvalue weighted by atomic mass is 10.3. The van der Waals surface area contributed by atoms with Gasteiger partial charge in [-0.2, -0.15) is 5.10 Å². The highest BCUT2D eigenvalue weighted by atomic mass is 35.5. The molecule has 0 unspecified atom stereocenters. The molecule has 1 aromatic rings. The van der Waals surface area contributed by atoms with Crippen LogP contribution in [0.15, 0.2) is 23.3 Å². The van der Waals surface area contributed by atoms with Gasteiger partial charge in [0.25, 0.3) is 0 Å². The van der Waals surface area contributed by atoms with E-state index in [1.54, 1.807) is 18.2 Å². The first-order valence-corrected chi connectivity index (χ1v) is 4.77. The number of hydrogen-bond acceptors (Lipinski definition) is 2. The average molecular weight is 248 g/mol. The number of hydrazone groups is 1. The Hall–Kier alpha value is -0.840. The summed E-state index contributed by atoms with van der Waals surface area (Å²) in [7, 11) is 0. The lowest BCUT2D eigenvalue weighted by Crippen LogP contribution is -2.23. The Morgan fingerprint density at radius 3 is 2.36 bits per heavy atom. The molecule has 0 fully saturated rings. The zero-order chi connectivity index (χ0) is 10.6. The van der Waals surface area contributed by atoms with Crippen molar-refractivity contribution >= 4 is 52.9 Å². The molecule has 0 spiro atoms. The molecule has 14 heavy (non-hydrogen) atoms. The summed E-state index contributed by atoms with van der Waals surface area (Å²) >= 11 is 16.5. The molecule has 0 aliphatic carbocycles. The number of halogens is 2. The Bertz CT molecular complexity index is 347. The third kappa shape index (κ3) is 3.49. The molecule has 0 atom stereocenters. The maximum Gasteiger partial charge on any atom is 0.191 e. The number of nitrogens with one attached hydrogen (secondary N) is 2. The van der Waals surface area contributed by atoms with Crippen molar-refractivity contribution in [3.63, 3.8) is 0 Å². The molecular weight excluding hydrogens is 241 g/mol. The SMILES string of the molecule is C=NNC(=S)Nc1cc(Cl)cc(Cl)c1. The molecule has 1 rings (SSSR count). The van der Waals surface area contributed by atoms with E-state index >= 15 is 0 Å². The van der Waals surface area contributed by atoms with Gasteiger partial charge in [-0.1, -0.05) is 23.2 Å². The summed E-state index contributed by atoms with van der Waals surface area (Å²) in [5.74, 6) is 0. The van der Waals surface area contributed by atoms with E-state index in [1.165, 1.54) is 0 Å². The molecule has 0 radical (unpaired) electrons. The molecule has 0 saturated heterocycles. The summed E-state index contributed by atoms with van der Waals surface area (Å²) in [6, 6.07) is 5.03. The molecule has 0 bridgehead atoms. The number of benzene rings is 1. The smallest absolute Gasteiger partial charge is 0.191 e. The minimum absolute atomic E-state index is 0.332. The Kier molecular flexibility index (Phi) is 4.13. The second kappa shape index (κ2) is 5.14. The summed E-state index contributed by atoms with van der Waals surface area (Å²) < 4.78 is 0. The van der Waals surface area contributed by atoms with Gasteiger partial charge >= 0.3 is 0 Å². The van der Waals surface area contributed by atoms with Crippen LogP contribution in [0.3, 0.4) is 0 Å². The highest BCUT2D eigenvalue weighted by Crippen LogP contribution is 2.22. The summed E-state index contributed by atoms with van der Waals surface area (Å²) in [6.07, 6.45) is 0. The quantitative estimate of drug-likeness (QED) is 0.480. The molecule has 0 aromatic heterocycles. The van der Waals surface area contributed by atoms with Crippen molar-refractivity contribution in [2.45, 2.75) is 0 Å². The van der Waals surface area contributed by atoms with Gasteiger partial charge < -0.3 is 5.32 Å². The third-order valence-electron chi connectivity index (χ3n) is 1.30. The first-order valence-electron chi connectivity index (χ1n) is 3.60. The molecule has 6 heteroatoms. The van der Waals surface area contributed by atoms with Gasteiger partial charge in [0.2, 0.25) is 0 Å². The monoisotopic (exact) mass is 247 g/mol. The lowest BCUT2D eigenvalue weighted by Gasteiger charge is -2.07. The molecule has 3 nitrogen and oxygen atoms in total. The molecule has 0 aliphatic rings. The van der Waals surface area contributed by atoms with Crippen LogP contribution >= 0.6 is 35.4 Å². The number of rotatable bonds is 2. The van der Waals surface area contributed by atoms with E-state index in [1.807, 2.05) is 0 Å². The predicted molar refractivity (Wildman–Crippen MR) is 65.4 cm³/mol. The fourth-order valence-corrected chi connectivity index (χ4v) is 1.57. The highest BCUT2D eigenvalue weighted by Gasteiger charge is 1.99. The van der Waals surface area contributed by atoms with Crippen LogP contribution in [0.1, 0.15) is 0 Å². The van der Waals surface area contributed by atoms with Gasteiger partial charge in [-0.05, 0) is 30.4 Å². The van der Waals surface area contributed by atoms with Gasteiger partial charge in [-0.25, -0.2) is 0 Å². The van der Waals surface area contributed by atoms with Crippen molar-refractivity contribution in [3.05, 3.63) is 28.2 Å². The van der Waals surface area contributed by atoms with Crippen LogP contribution in [0.2, 0.25) is 10.0 Å². The van der Waals surface area contributed by atoms with E-state index < -0.39 is 0 Å². The van der Waals surface area contributed by atoms with Gasteiger partial charge in [-0.3, -0.25) is 5.43 Å². The third-order valence-corrected chi connectivity index (χ3v) is 1.93. The van der Waals surface area contributed by atoms with Gasteiger partial charge in [-0.15, -0.1) is 0 Å². The minimum atomic E-state index is 0.332. The number of hydrogen-bond donors (Lipinski definition) is 2. The van der Waals surface area contributed by atoms with Crippen molar-refractivity contribution in [2.75, 3.05) is 5.32 Å². The standard InChI is InChI=1S/C8H7Cl2N3S/c1-11-13-8(14)12-7-3-5(9)2-6(10)4-7/h2-4H,1H2,(H2,12,13,14). The molecule has 0 aliphatic heterocycles. The Balaban J connectivity index is 2.76. The normalized spacial score (nSPS) is 9.29. The van der Waals surface area contributed by atoms with Gasteiger partial charge in [0.15, 0.2) is 5.11 Å². The largest absolute Gasteiger partial charge is 0.331 e. The Labute approximate surface area is 97.1 Å². The molecular formula is C8H7Cl2N3S. The van der Waals surface area contributed by atoms with E-state index in [4.69, 9.17) is 35.4 Å². The second-order valence-corrected chi connectivity index (χ2v) is 3.66. The van der Waals surface area contributed by atoms with Crippen molar-refractivity contribution in [2.24, 2.45) is 5.10 Å². The molecule has 1 aromatic carbocycles. The van der Waals surface area contributed by atoms with Crippen molar-refractivity contribution in [1.82, 2.24) is 5.43 Å². The van der Waals surface area contributed by atoms with E-state index in [-0.39, 0.29) is 0 Å². The van der Waals surface area contributed by atoms with Gasteiger partial charge in [0.1, 0.15) is 0 Å². The predicted octanol–water partition coefficient (Wildman–Crippen LogP) is 2.90. The van der Waals surface area contributed by atoms with Crippen LogP contribution in [0, 0.1) is 0 Å². The maximum absolute atomic E-state index is 5.79. The number of nitrogens with zero attached hydrogens (tertiary/aromatic N) is 1. The van der Waals surface area contributed by atoms with E-state index in [9.17, 15) is 0 Å². The van der Waals surface area contributed by atoms with Crippen LogP contribution in [0.4, 0.5) is 5.69 Å². The lowest BCUT2D eigenvalue weighted by molar-refractivity contribution is 1.06. The zero-order valence-electron chi connectivity index (χ0n) is 7.05. The molecule has 0 saturated carbocycles. The van der Waals surface area contributed by atoms with E-state index in [0.29, 0.717) is 20.8 Å². The van der Waals surface area contributed by atoms with Crippen LogP contribution in [-0.2, 0) is 0 Å². The molecule has 2 N–H and O–H groups in total. The van der Waals surface area contributed by atoms with Crippen LogP contribution in [0.25, 0.3) is 0 Å². The first-order chi connectivity index (χ1) is 6.61. The van der Waals surface area contributed by atoms with E-state index in [2.05, 4.69) is 22.6 Å². The average Bonchev–Trinajstić information content (AvgIpc) is 2.01. The number of thiocarbonyl (C=S) groups is 1. The van der Waals surface area contributed by atoms with Gasteiger partial charge in [0.05, 0.1) is 0 Å². The first kappa shape index (κ1) is 11.2.